The molecule has 2 saturated heterocycles. The number of aromatic nitrogens is 2. The predicted molar refractivity (Wildman–Crippen MR) is 129 cm³/mol. The summed E-state index contributed by atoms with van der Waals surface area (Å²) < 4.78 is 16.1. The summed E-state index contributed by atoms with van der Waals surface area (Å²) in [4.78, 5) is 21.9. The first-order valence-electron chi connectivity index (χ1n) is 12.4. The number of methoxy groups -OCH3 is 2. The topological polar surface area (TPSA) is 93.0 Å². The Kier molecular flexibility index (Phi) is 8.76. The van der Waals surface area contributed by atoms with Crippen LogP contribution in [0.3, 0.4) is 0 Å². The normalized spacial score (nSPS) is 18.4. The van der Waals surface area contributed by atoms with Crippen molar-refractivity contribution < 1.29 is 18.8 Å². The molecule has 4 rings (SSSR count). The Morgan fingerprint density at radius 3 is 2.47 bits per heavy atom. The fourth-order valence-corrected chi connectivity index (χ4v) is 4.80. The van der Waals surface area contributed by atoms with Crippen LogP contribution in [0.4, 0.5) is 0 Å². The van der Waals surface area contributed by atoms with Crippen LogP contribution in [0.5, 0.6) is 11.5 Å². The van der Waals surface area contributed by atoms with Gasteiger partial charge in [-0.2, -0.15) is 4.98 Å². The highest BCUT2D eigenvalue weighted by Crippen LogP contribution is 2.31. The van der Waals surface area contributed by atoms with Gasteiger partial charge in [0.25, 0.3) is 0 Å². The smallest absolute Gasteiger partial charge is 0.241 e. The molecule has 9 nitrogen and oxygen atoms in total. The van der Waals surface area contributed by atoms with Gasteiger partial charge in [0, 0.05) is 24.6 Å². The number of hydrogen-bond acceptors (Lipinski definition) is 8. The number of nitrogens with one attached hydrogen (secondary N) is 1. The van der Waals surface area contributed by atoms with E-state index in [1.54, 1.807) is 14.2 Å². The molecular formula is C25H37N5O4. The van der Waals surface area contributed by atoms with E-state index in [1.165, 1.54) is 25.7 Å². The van der Waals surface area contributed by atoms with Gasteiger partial charge in [0.2, 0.25) is 17.6 Å². The number of amides is 1. The number of likely N-dealkylation sites (tertiary alicyclic amines) is 2. The Hall–Kier alpha value is -2.65. The van der Waals surface area contributed by atoms with Gasteiger partial charge in [0.1, 0.15) is 0 Å². The van der Waals surface area contributed by atoms with Gasteiger partial charge in [-0.25, -0.2) is 0 Å². The molecule has 0 atom stereocenters. The maximum absolute atomic E-state index is 12.6. The minimum atomic E-state index is 0.0883. The summed E-state index contributed by atoms with van der Waals surface area (Å²) in [6, 6.07) is 5.55. The molecule has 2 aliphatic heterocycles. The molecule has 0 saturated carbocycles. The summed E-state index contributed by atoms with van der Waals surface area (Å²) in [7, 11) is 3.20. The van der Waals surface area contributed by atoms with E-state index in [4.69, 9.17) is 14.0 Å². The minimum absolute atomic E-state index is 0.0883. The van der Waals surface area contributed by atoms with E-state index in [1.807, 2.05) is 18.2 Å². The first-order valence-corrected chi connectivity index (χ1v) is 12.4. The third-order valence-corrected chi connectivity index (χ3v) is 6.85. The molecular weight excluding hydrogens is 434 g/mol. The van der Waals surface area contributed by atoms with Crippen molar-refractivity contribution in [3.63, 3.8) is 0 Å². The van der Waals surface area contributed by atoms with Crippen molar-refractivity contribution in [3.8, 4) is 22.9 Å². The third kappa shape index (κ3) is 6.48. The molecule has 1 amide bonds. The van der Waals surface area contributed by atoms with E-state index in [0.717, 1.165) is 57.7 Å². The zero-order chi connectivity index (χ0) is 23.8. The quantitative estimate of drug-likeness (QED) is 0.597. The number of benzene rings is 1. The van der Waals surface area contributed by atoms with E-state index in [2.05, 4.69) is 25.3 Å². The maximum Gasteiger partial charge on any atom is 0.241 e. The van der Waals surface area contributed by atoms with Gasteiger partial charge in [0.15, 0.2) is 11.5 Å². The second-order valence-corrected chi connectivity index (χ2v) is 9.18. The number of carbonyl (C=O) groups excluding carboxylic acids is 1. The molecule has 1 N–H and O–H groups in total. The van der Waals surface area contributed by atoms with Crippen molar-refractivity contribution in [2.24, 2.45) is 5.92 Å². The molecule has 186 valence electrons. The lowest BCUT2D eigenvalue weighted by Gasteiger charge is -2.30. The van der Waals surface area contributed by atoms with Gasteiger partial charge in [0.05, 0.1) is 20.8 Å². The van der Waals surface area contributed by atoms with Crippen LogP contribution in [0.15, 0.2) is 22.7 Å². The number of hydrogen-bond donors (Lipinski definition) is 1. The van der Waals surface area contributed by atoms with Gasteiger partial charge in [-0.05, 0) is 70.1 Å². The first kappa shape index (κ1) is 24.5. The number of carbonyl (C=O) groups is 1. The fraction of sp³-hybridized carbons (Fsp3) is 0.640. The summed E-state index contributed by atoms with van der Waals surface area (Å²) in [6.45, 7) is 6.32. The second-order valence-electron chi connectivity index (χ2n) is 9.18. The van der Waals surface area contributed by atoms with Crippen LogP contribution in [0, 0.1) is 5.92 Å². The number of rotatable bonds is 9. The van der Waals surface area contributed by atoms with Crippen molar-refractivity contribution in [1.82, 2.24) is 25.3 Å². The Morgan fingerprint density at radius 1 is 1.03 bits per heavy atom. The van der Waals surface area contributed by atoms with Gasteiger partial charge in [-0.15, -0.1) is 0 Å². The van der Waals surface area contributed by atoms with Gasteiger partial charge in [-0.3, -0.25) is 9.69 Å². The molecule has 2 aromatic rings. The lowest BCUT2D eigenvalue weighted by molar-refractivity contribution is -0.126. The second kappa shape index (κ2) is 12.2. The Labute approximate surface area is 201 Å². The highest BCUT2D eigenvalue weighted by molar-refractivity contribution is 5.78. The highest BCUT2D eigenvalue weighted by Gasteiger charge is 2.26. The molecule has 0 unspecified atom stereocenters. The van der Waals surface area contributed by atoms with Crippen molar-refractivity contribution in [2.45, 2.75) is 45.1 Å². The molecule has 34 heavy (non-hydrogen) atoms. The molecule has 0 bridgehead atoms. The zero-order valence-corrected chi connectivity index (χ0v) is 20.4. The molecule has 1 aromatic heterocycles. The summed E-state index contributed by atoms with van der Waals surface area (Å²) >= 11 is 0. The molecule has 9 heteroatoms. The number of piperidine rings is 1. The maximum atomic E-state index is 12.6. The Balaban J connectivity index is 1.21. The van der Waals surface area contributed by atoms with Crippen LogP contribution in [0.1, 0.15) is 44.4 Å². The SMILES string of the molecule is COc1ccc(-c2noc(CN3CCC(C(=O)NCCN4CCCCCC4)CC3)n2)cc1OC. The zero-order valence-electron chi connectivity index (χ0n) is 20.4. The fourth-order valence-electron chi connectivity index (χ4n) is 4.80. The summed E-state index contributed by atoms with van der Waals surface area (Å²) in [5, 5.41) is 7.29. The van der Waals surface area contributed by atoms with Gasteiger partial charge in [-0.1, -0.05) is 18.0 Å². The summed E-state index contributed by atoms with van der Waals surface area (Å²) in [6.07, 6.45) is 6.94. The van der Waals surface area contributed by atoms with Crippen molar-refractivity contribution >= 4 is 5.91 Å². The third-order valence-electron chi connectivity index (χ3n) is 6.85. The predicted octanol–water partition coefficient (Wildman–Crippen LogP) is 2.96. The average Bonchev–Trinajstić information content (AvgIpc) is 3.18. The van der Waals surface area contributed by atoms with Crippen molar-refractivity contribution in [3.05, 3.63) is 24.1 Å². The molecule has 1 aromatic carbocycles. The lowest BCUT2D eigenvalue weighted by atomic mass is 9.96. The minimum Gasteiger partial charge on any atom is -0.493 e. The molecule has 0 radical (unpaired) electrons. The monoisotopic (exact) mass is 471 g/mol. The molecule has 0 aliphatic carbocycles. The molecule has 2 aliphatic rings. The van der Waals surface area contributed by atoms with E-state index >= 15 is 0 Å². The Morgan fingerprint density at radius 2 is 1.76 bits per heavy atom. The van der Waals surface area contributed by atoms with E-state index in [9.17, 15) is 4.79 Å². The average molecular weight is 472 g/mol. The van der Waals surface area contributed by atoms with Crippen LogP contribution in [-0.2, 0) is 11.3 Å². The Bertz CT molecular complexity index is 918. The largest absolute Gasteiger partial charge is 0.493 e. The summed E-state index contributed by atoms with van der Waals surface area (Å²) in [5.41, 5.74) is 0.809. The van der Waals surface area contributed by atoms with E-state index in [-0.39, 0.29) is 11.8 Å². The van der Waals surface area contributed by atoms with Gasteiger partial charge >= 0.3 is 0 Å². The van der Waals surface area contributed by atoms with E-state index in [0.29, 0.717) is 29.8 Å². The van der Waals surface area contributed by atoms with Crippen LogP contribution in [-0.4, -0.2) is 79.3 Å². The van der Waals surface area contributed by atoms with Crippen LogP contribution in [0.25, 0.3) is 11.4 Å². The number of nitrogens with zero attached hydrogens (tertiary/aromatic N) is 4. The highest BCUT2D eigenvalue weighted by atomic mass is 16.5. The van der Waals surface area contributed by atoms with Crippen molar-refractivity contribution in [2.75, 3.05) is 53.5 Å². The number of ether oxygens (including phenoxy) is 2. The van der Waals surface area contributed by atoms with Gasteiger partial charge < -0.3 is 24.2 Å². The van der Waals surface area contributed by atoms with Crippen molar-refractivity contribution in [1.29, 1.82) is 0 Å². The van der Waals surface area contributed by atoms with Crippen LogP contribution >= 0.6 is 0 Å². The first-order chi connectivity index (χ1) is 16.7. The summed E-state index contributed by atoms with van der Waals surface area (Å²) in [5.74, 6) is 2.66. The molecule has 3 heterocycles. The standard InChI is InChI=1S/C25H37N5O4/c1-32-21-8-7-20(17-22(21)33-2)24-27-23(34-28-24)18-30-14-9-19(10-15-30)25(31)26-11-16-29-12-5-3-4-6-13-29/h7-8,17,19H,3-6,9-16,18H2,1-2H3,(H,26,31). The lowest BCUT2D eigenvalue weighted by Crippen LogP contribution is -2.42. The van der Waals surface area contributed by atoms with Crippen LogP contribution < -0.4 is 14.8 Å². The van der Waals surface area contributed by atoms with E-state index < -0.39 is 0 Å². The van der Waals surface area contributed by atoms with Crippen LogP contribution in [0.2, 0.25) is 0 Å². The molecule has 2 fully saturated rings. The molecule has 0 spiro atoms.